The minimum Gasteiger partial charge on any atom is -0.541 e. The number of carbonyl (C=O) groups is 1. The second-order valence-electron chi connectivity index (χ2n) is 10.0. The molecule has 0 aliphatic heterocycles. The number of anilines is 2. The molecule has 0 fully saturated rings. The van der Waals surface area contributed by atoms with E-state index in [0.717, 1.165) is 29.1 Å². The zero-order valence-electron chi connectivity index (χ0n) is 21.4. The Bertz CT molecular complexity index is 1220. The second kappa shape index (κ2) is 10.7. The number of aryl methyl sites for hydroxylation is 1. The van der Waals surface area contributed by atoms with Gasteiger partial charge in [-0.05, 0) is 50.3 Å². The normalized spacial score (nSPS) is 12.0. The van der Waals surface area contributed by atoms with Crippen LogP contribution < -0.4 is 20.4 Å². The van der Waals surface area contributed by atoms with Crippen LogP contribution in [0.5, 0.6) is 5.75 Å². The van der Waals surface area contributed by atoms with Gasteiger partial charge in [-0.3, -0.25) is 4.79 Å². The van der Waals surface area contributed by atoms with Gasteiger partial charge < -0.3 is 20.4 Å². The highest BCUT2D eigenvalue weighted by molar-refractivity contribution is 6.74. The second-order valence-corrected chi connectivity index (χ2v) is 15.6. The molecule has 35 heavy (non-hydrogen) atoms. The summed E-state index contributed by atoms with van der Waals surface area (Å²) in [6, 6.07) is 10.7. The van der Waals surface area contributed by atoms with E-state index < -0.39 is 8.32 Å². The van der Waals surface area contributed by atoms with Crippen LogP contribution in [0.3, 0.4) is 0 Å². The van der Waals surface area contributed by atoms with Crippen LogP contribution >= 0.6 is 23.2 Å². The van der Waals surface area contributed by atoms with Crippen LogP contribution in [0.2, 0.25) is 28.2 Å². The lowest BCUT2D eigenvalue weighted by atomic mass is 10.1. The van der Waals surface area contributed by atoms with Crippen LogP contribution in [-0.2, 0) is 0 Å². The molecule has 1 heterocycles. The van der Waals surface area contributed by atoms with Gasteiger partial charge in [-0.1, -0.05) is 62.2 Å². The Labute approximate surface area is 218 Å². The Morgan fingerprint density at radius 2 is 1.69 bits per heavy atom. The van der Waals surface area contributed by atoms with Gasteiger partial charge in [0.2, 0.25) is 0 Å². The number of pyridine rings is 1. The van der Waals surface area contributed by atoms with Crippen molar-refractivity contribution in [3.05, 3.63) is 57.7 Å². The van der Waals surface area contributed by atoms with Crippen LogP contribution in [0, 0.1) is 6.92 Å². The van der Waals surface area contributed by atoms with E-state index in [4.69, 9.17) is 32.6 Å². The molecule has 0 unspecified atom stereocenters. The fourth-order valence-corrected chi connectivity index (χ4v) is 5.04. The molecule has 0 aliphatic rings. The van der Waals surface area contributed by atoms with Gasteiger partial charge in [0.15, 0.2) is 0 Å². The maximum Gasteiger partial charge on any atom is 0.258 e. The zero-order valence-corrected chi connectivity index (χ0v) is 23.9. The standard InChI is InChI=1S/C26H34Cl2N4O2Si/c1-16-24(34-35(6,7)26(2,3)4)23(30-15-14-29-5)17-10-8-13-20(22(17)31-16)32-25(33)21-18(27)11-9-12-19(21)28/h8-13,29H,14-15H2,1-7H3,(H,30,31)(H,32,33). The van der Waals surface area contributed by atoms with Crippen LogP contribution in [0.15, 0.2) is 36.4 Å². The number of likely N-dealkylation sites (N-methyl/N-ethyl adjacent to an activating group) is 1. The summed E-state index contributed by atoms with van der Waals surface area (Å²) in [5.74, 6) is 0.372. The minimum atomic E-state index is -2.13. The number of nitrogens with one attached hydrogen (secondary N) is 3. The summed E-state index contributed by atoms with van der Waals surface area (Å²) in [6.07, 6.45) is 0. The molecule has 9 heteroatoms. The van der Waals surface area contributed by atoms with E-state index in [-0.39, 0.29) is 16.5 Å². The molecule has 0 saturated carbocycles. The lowest BCUT2D eigenvalue weighted by Gasteiger charge is -2.37. The first-order valence-electron chi connectivity index (χ1n) is 11.6. The molecule has 1 amide bonds. The summed E-state index contributed by atoms with van der Waals surface area (Å²) >= 11 is 12.5. The summed E-state index contributed by atoms with van der Waals surface area (Å²) in [5.41, 5.74) is 3.10. The molecular weight excluding hydrogens is 499 g/mol. The van der Waals surface area contributed by atoms with Crippen molar-refractivity contribution < 1.29 is 9.22 Å². The molecule has 3 aromatic rings. The van der Waals surface area contributed by atoms with E-state index in [1.54, 1.807) is 18.2 Å². The molecule has 0 saturated heterocycles. The van der Waals surface area contributed by atoms with Crippen molar-refractivity contribution in [2.24, 2.45) is 0 Å². The number of aromatic nitrogens is 1. The lowest BCUT2D eigenvalue weighted by molar-refractivity contribution is 0.102. The van der Waals surface area contributed by atoms with Crippen molar-refractivity contribution in [2.75, 3.05) is 30.8 Å². The van der Waals surface area contributed by atoms with Gasteiger partial charge in [-0.25, -0.2) is 4.98 Å². The number of para-hydroxylation sites is 1. The molecular formula is C26H34Cl2N4O2Si. The number of halogens is 2. The van der Waals surface area contributed by atoms with E-state index in [9.17, 15) is 4.79 Å². The Kier molecular flexibility index (Phi) is 8.37. The van der Waals surface area contributed by atoms with E-state index in [0.29, 0.717) is 27.8 Å². The van der Waals surface area contributed by atoms with Gasteiger partial charge in [0.25, 0.3) is 14.2 Å². The van der Waals surface area contributed by atoms with Crippen molar-refractivity contribution in [3.8, 4) is 5.75 Å². The molecule has 2 aromatic carbocycles. The number of fused-ring (bicyclic) bond motifs is 1. The Hall–Kier alpha value is -2.32. The molecule has 0 radical (unpaired) electrons. The Balaban J connectivity index is 2.13. The highest BCUT2D eigenvalue weighted by atomic mass is 35.5. The molecule has 3 rings (SSSR count). The molecule has 188 valence electrons. The predicted molar refractivity (Wildman–Crippen MR) is 151 cm³/mol. The molecule has 3 N–H and O–H groups in total. The highest BCUT2D eigenvalue weighted by Crippen LogP contribution is 2.43. The maximum absolute atomic E-state index is 13.1. The average molecular weight is 534 g/mol. The smallest absolute Gasteiger partial charge is 0.258 e. The van der Waals surface area contributed by atoms with Crippen LogP contribution in [0.4, 0.5) is 11.4 Å². The van der Waals surface area contributed by atoms with Gasteiger partial charge in [0.05, 0.1) is 38.2 Å². The Morgan fingerprint density at radius 3 is 2.29 bits per heavy atom. The molecule has 0 spiro atoms. The van der Waals surface area contributed by atoms with Crippen molar-refractivity contribution in [3.63, 3.8) is 0 Å². The number of nitrogens with zero attached hydrogens (tertiary/aromatic N) is 1. The number of rotatable bonds is 8. The molecule has 0 bridgehead atoms. The first kappa shape index (κ1) is 27.3. The predicted octanol–water partition coefficient (Wildman–Crippen LogP) is 7.12. The first-order chi connectivity index (χ1) is 16.4. The quantitative estimate of drug-likeness (QED) is 0.212. The summed E-state index contributed by atoms with van der Waals surface area (Å²) in [4.78, 5) is 18.0. The van der Waals surface area contributed by atoms with Gasteiger partial charge >= 0.3 is 0 Å². The van der Waals surface area contributed by atoms with E-state index in [1.165, 1.54) is 0 Å². The van der Waals surface area contributed by atoms with Gasteiger partial charge in [-0.15, -0.1) is 0 Å². The summed E-state index contributed by atoms with van der Waals surface area (Å²) in [6.45, 7) is 14.5. The van der Waals surface area contributed by atoms with Gasteiger partial charge in [-0.2, -0.15) is 0 Å². The number of amides is 1. The van der Waals surface area contributed by atoms with Crippen molar-refractivity contribution in [2.45, 2.75) is 45.8 Å². The third kappa shape index (κ3) is 5.92. The SMILES string of the molecule is CNCCNc1c(O[Si](C)(C)C(C)(C)C)c(C)nc2c(NC(=O)c3c(Cl)cccc3Cl)cccc12. The minimum absolute atomic E-state index is 0.0285. The third-order valence-electron chi connectivity index (χ3n) is 6.42. The number of benzene rings is 2. The first-order valence-corrected chi connectivity index (χ1v) is 15.3. The molecule has 0 aliphatic carbocycles. The van der Waals surface area contributed by atoms with Gasteiger partial charge in [0.1, 0.15) is 5.75 Å². The Morgan fingerprint density at radius 1 is 1.06 bits per heavy atom. The number of hydrogen-bond acceptors (Lipinski definition) is 5. The molecule has 1 aromatic heterocycles. The van der Waals surface area contributed by atoms with Crippen molar-refractivity contribution in [1.82, 2.24) is 10.3 Å². The number of hydrogen-bond donors (Lipinski definition) is 3. The summed E-state index contributed by atoms with van der Waals surface area (Å²) < 4.78 is 6.76. The summed E-state index contributed by atoms with van der Waals surface area (Å²) in [7, 11) is -0.220. The third-order valence-corrected chi connectivity index (χ3v) is 11.4. The van der Waals surface area contributed by atoms with Crippen molar-refractivity contribution in [1.29, 1.82) is 0 Å². The maximum atomic E-state index is 13.1. The van der Waals surface area contributed by atoms with Crippen LogP contribution in [-0.4, -0.2) is 39.3 Å². The highest BCUT2D eigenvalue weighted by Gasteiger charge is 2.40. The fourth-order valence-electron chi connectivity index (χ4n) is 3.41. The van der Waals surface area contributed by atoms with E-state index in [1.807, 2.05) is 32.2 Å². The van der Waals surface area contributed by atoms with E-state index >= 15 is 0 Å². The van der Waals surface area contributed by atoms with Gasteiger partial charge in [0, 0.05) is 18.5 Å². The van der Waals surface area contributed by atoms with Crippen LogP contribution in [0.1, 0.15) is 36.8 Å². The van der Waals surface area contributed by atoms with Crippen molar-refractivity contribution >= 4 is 59.7 Å². The largest absolute Gasteiger partial charge is 0.541 e. The lowest BCUT2D eigenvalue weighted by Crippen LogP contribution is -2.44. The number of carbonyl (C=O) groups excluding carboxylic acids is 1. The topological polar surface area (TPSA) is 75.3 Å². The van der Waals surface area contributed by atoms with E-state index in [2.05, 4.69) is 49.8 Å². The summed E-state index contributed by atoms with van der Waals surface area (Å²) in [5, 5.41) is 11.1. The average Bonchev–Trinajstić information content (AvgIpc) is 2.75. The molecule has 0 atom stereocenters. The van der Waals surface area contributed by atoms with Crippen LogP contribution in [0.25, 0.3) is 10.9 Å². The zero-order chi connectivity index (χ0) is 26.0. The fraction of sp³-hybridized carbons (Fsp3) is 0.385. The monoisotopic (exact) mass is 532 g/mol. The molecule has 6 nitrogen and oxygen atoms in total.